The molecular weight excluding hydrogens is 230 g/mol. The molecule has 4 nitrogen and oxygen atoms in total. The largest absolute Gasteiger partial charge is 0.496 e. The van der Waals surface area contributed by atoms with E-state index in [1.165, 1.54) is 7.11 Å². The van der Waals surface area contributed by atoms with Crippen LogP contribution in [0.1, 0.15) is 29.3 Å². The normalized spacial score (nSPS) is 10.6. The van der Waals surface area contributed by atoms with Crippen LogP contribution in [0.4, 0.5) is 0 Å². The van der Waals surface area contributed by atoms with Crippen molar-refractivity contribution in [2.24, 2.45) is 0 Å². The van der Waals surface area contributed by atoms with Crippen LogP contribution in [0.25, 0.3) is 10.9 Å². The molecular formula is C14H15NO3. The fourth-order valence-corrected chi connectivity index (χ4v) is 2.17. The molecule has 0 bridgehead atoms. The van der Waals surface area contributed by atoms with Gasteiger partial charge in [0.25, 0.3) is 0 Å². The van der Waals surface area contributed by atoms with Crippen LogP contribution in [0, 0.1) is 0 Å². The molecule has 1 aromatic heterocycles. The smallest absolute Gasteiger partial charge is 0.248 e. The molecule has 18 heavy (non-hydrogen) atoms. The summed E-state index contributed by atoms with van der Waals surface area (Å²) in [6.07, 6.45) is 2.47. The number of aldehydes is 1. The van der Waals surface area contributed by atoms with E-state index in [9.17, 15) is 9.59 Å². The monoisotopic (exact) mass is 245 g/mol. The number of methoxy groups -OCH3 is 1. The number of rotatable bonds is 4. The maximum atomic E-state index is 11.6. The summed E-state index contributed by atoms with van der Waals surface area (Å²) in [4.78, 5) is 25.5. The second-order valence-corrected chi connectivity index (χ2v) is 4.13. The number of ether oxygens (including phenoxy) is 1. The molecule has 0 aliphatic carbocycles. The highest BCUT2D eigenvalue weighted by Crippen LogP contribution is 2.26. The van der Waals surface area contributed by atoms with E-state index in [4.69, 9.17) is 4.74 Å². The minimum absolute atomic E-state index is 0.192. The Morgan fingerprint density at radius 1 is 1.39 bits per heavy atom. The molecule has 0 atom stereocenters. The Morgan fingerprint density at radius 3 is 2.78 bits per heavy atom. The van der Waals surface area contributed by atoms with Crippen molar-refractivity contribution in [3.8, 4) is 5.75 Å². The van der Waals surface area contributed by atoms with Crippen LogP contribution in [-0.4, -0.2) is 18.4 Å². The minimum atomic E-state index is -0.192. The summed E-state index contributed by atoms with van der Waals surface area (Å²) < 4.78 is 5.13. The van der Waals surface area contributed by atoms with Gasteiger partial charge in [0.1, 0.15) is 5.75 Å². The van der Waals surface area contributed by atoms with Gasteiger partial charge in [0.15, 0.2) is 6.29 Å². The SMILES string of the molecule is CCCc1cc(=O)[nH]c2c(C=O)c(OC)ccc12. The van der Waals surface area contributed by atoms with Gasteiger partial charge in [0.05, 0.1) is 18.2 Å². The summed E-state index contributed by atoms with van der Waals surface area (Å²) in [5, 5.41) is 0.902. The quantitative estimate of drug-likeness (QED) is 0.841. The van der Waals surface area contributed by atoms with Crippen LogP contribution in [0.2, 0.25) is 0 Å². The molecule has 0 amide bonds. The molecule has 2 aromatic rings. The summed E-state index contributed by atoms with van der Waals surface area (Å²) in [6.45, 7) is 2.05. The molecule has 2 rings (SSSR count). The van der Waals surface area contributed by atoms with Crippen LogP contribution < -0.4 is 10.3 Å². The molecule has 0 aliphatic heterocycles. The Hall–Kier alpha value is -2.10. The van der Waals surface area contributed by atoms with Gasteiger partial charge in [-0.05, 0) is 24.1 Å². The maximum Gasteiger partial charge on any atom is 0.248 e. The lowest BCUT2D eigenvalue weighted by molar-refractivity contribution is 0.112. The summed E-state index contributed by atoms with van der Waals surface area (Å²) in [5.74, 6) is 0.474. The number of carbonyl (C=O) groups excluding carboxylic acids is 1. The summed E-state index contributed by atoms with van der Waals surface area (Å²) in [7, 11) is 1.50. The van der Waals surface area contributed by atoms with E-state index in [0.717, 1.165) is 23.8 Å². The van der Waals surface area contributed by atoms with E-state index in [-0.39, 0.29) is 5.56 Å². The van der Waals surface area contributed by atoms with Gasteiger partial charge < -0.3 is 9.72 Å². The molecule has 1 N–H and O–H groups in total. The first-order chi connectivity index (χ1) is 8.71. The zero-order chi connectivity index (χ0) is 13.1. The number of carbonyl (C=O) groups is 1. The molecule has 0 saturated carbocycles. The molecule has 1 aromatic carbocycles. The van der Waals surface area contributed by atoms with E-state index in [0.29, 0.717) is 23.1 Å². The number of hydrogen-bond acceptors (Lipinski definition) is 3. The van der Waals surface area contributed by atoms with E-state index in [1.54, 1.807) is 12.1 Å². The number of aromatic amines is 1. The highest BCUT2D eigenvalue weighted by atomic mass is 16.5. The van der Waals surface area contributed by atoms with Gasteiger partial charge in [-0.2, -0.15) is 0 Å². The average molecular weight is 245 g/mol. The van der Waals surface area contributed by atoms with Crippen molar-refractivity contribution in [2.45, 2.75) is 19.8 Å². The van der Waals surface area contributed by atoms with Crippen molar-refractivity contribution >= 4 is 17.2 Å². The number of nitrogens with one attached hydrogen (secondary N) is 1. The molecule has 0 aliphatic rings. The molecule has 4 heteroatoms. The second-order valence-electron chi connectivity index (χ2n) is 4.13. The van der Waals surface area contributed by atoms with Gasteiger partial charge in [-0.3, -0.25) is 9.59 Å². The van der Waals surface area contributed by atoms with Crippen molar-refractivity contribution < 1.29 is 9.53 Å². The number of pyridine rings is 1. The van der Waals surface area contributed by atoms with Gasteiger partial charge in [-0.15, -0.1) is 0 Å². The number of hydrogen-bond donors (Lipinski definition) is 1. The van der Waals surface area contributed by atoms with Crippen LogP contribution in [0.15, 0.2) is 23.0 Å². The summed E-state index contributed by atoms with van der Waals surface area (Å²) >= 11 is 0. The average Bonchev–Trinajstić information content (AvgIpc) is 2.37. The maximum absolute atomic E-state index is 11.6. The molecule has 0 spiro atoms. The fraction of sp³-hybridized carbons (Fsp3) is 0.286. The number of H-pyrrole nitrogens is 1. The van der Waals surface area contributed by atoms with E-state index >= 15 is 0 Å². The lowest BCUT2D eigenvalue weighted by atomic mass is 10.0. The van der Waals surface area contributed by atoms with Crippen LogP contribution in [0.5, 0.6) is 5.75 Å². The zero-order valence-electron chi connectivity index (χ0n) is 10.4. The van der Waals surface area contributed by atoms with Crippen molar-refractivity contribution in [1.82, 2.24) is 4.98 Å². The highest BCUT2D eigenvalue weighted by molar-refractivity contribution is 5.99. The van der Waals surface area contributed by atoms with Gasteiger partial charge in [-0.25, -0.2) is 0 Å². The van der Waals surface area contributed by atoms with Crippen LogP contribution >= 0.6 is 0 Å². The first-order valence-electron chi connectivity index (χ1n) is 5.89. The molecule has 0 unspecified atom stereocenters. The zero-order valence-corrected chi connectivity index (χ0v) is 10.4. The number of fused-ring (bicyclic) bond motifs is 1. The first kappa shape index (κ1) is 12.4. The van der Waals surface area contributed by atoms with Gasteiger partial charge in [0.2, 0.25) is 5.56 Å². The Balaban J connectivity index is 2.85. The predicted octanol–water partition coefficient (Wildman–Crippen LogP) is 2.30. The lowest BCUT2D eigenvalue weighted by Gasteiger charge is -2.10. The Bertz CT molecular complexity index is 643. The minimum Gasteiger partial charge on any atom is -0.496 e. The molecule has 0 radical (unpaired) electrons. The van der Waals surface area contributed by atoms with E-state index in [1.807, 2.05) is 6.07 Å². The predicted molar refractivity (Wildman–Crippen MR) is 70.5 cm³/mol. The van der Waals surface area contributed by atoms with Crippen molar-refractivity contribution in [2.75, 3.05) is 7.11 Å². The van der Waals surface area contributed by atoms with Gasteiger partial charge in [0, 0.05) is 11.5 Å². The van der Waals surface area contributed by atoms with Crippen molar-refractivity contribution in [1.29, 1.82) is 0 Å². The Labute approximate surface area is 105 Å². The van der Waals surface area contributed by atoms with E-state index < -0.39 is 0 Å². The first-order valence-corrected chi connectivity index (χ1v) is 5.89. The fourth-order valence-electron chi connectivity index (χ4n) is 2.17. The van der Waals surface area contributed by atoms with Gasteiger partial charge >= 0.3 is 0 Å². The third-order valence-electron chi connectivity index (χ3n) is 2.96. The molecule has 94 valence electrons. The third kappa shape index (κ3) is 2.01. The standard InChI is InChI=1S/C14H15NO3/c1-3-4-9-7-13(17)15-14-10(9)5-6-12(18-2)11(14)8-16/h5-8H,3-4H2,1-2H3,(H,15,17). The van der Waals surface area contributed by atoms with Crippen molar-refractivity contribution in [3.05, 3.63) is 39.7 Å². The van der Waals surface area contributed by atoms with Crippen molar-refractivity contribution in [3.63, 3.8) is 0 Å². The molecule has 1 heterocycles. The van der Waals surface area contributed by atoms with E-state index in [2.05, 4.69) is 11.9 Å². The molecule has 0 saturated heterocycles. The third-order valence-corrected chi connectivity index (χ3v) is 2.96. The topological polar surface area (TPSA) is 59.2 Å². The highest BCUT2D eigenvalue weighted by Gasteiger charge is 2.11. The summed E-state index contributed by atoms with van der Waals surface area (Å²) in [5.41, 5.74) is 1.72. The number of aryl methyl sites for hydroxylation is 1. The Morgan fingerprint density at radius 2 is 2.17 bits per heavy atom. The van der Waals surface area contributed by atoms with Gasteiger partial charge in [-0.1, -0.05) is 13.3 Å². The number of benzene rings is 1. The lowest BCUT2D eigenvalue weighted by Crippen LogP contribution is -2.08. The van der Waals surface area contributed by atoms with Crippen LogP contribution in [-0.2, 0) is 6.42 Å². The Kier molecular flexibility index (Phi) is 3.46. The second kappa shape index (κ2) is 5.04. The number of aromatic nitrogens is 1. The van der Waals surface area contributed by atoms with Crippen LogP contribution in [0.3, 0.4) is 0 Å². The summed E-state index contributed by atoms with van der Waals surface area (Å²) in [6, 6.07) is 5.22. The molecule has 0 fully saturated rings.